The molecule has 0 unspecified atom stereocenters. The highest BCUT2D eigenvalue weighted by Gasteiger charge is 2.37. The molecule has 3 heterocycles. The molecule has 1 fully saturated rings. The average molecular weight is 410 g/mol. The van der Waals surface area contributed by atoms with E-state index in [2.05, 4.69) is 14.5 Å². The largest absolute Gasteiger partial charge is 0.416 e. The van der Waals surface area contributed by atoms with E-state index in [0.717, 1.165) is 23.9 Å². The molecule has 1 amide bonds. The van der Waals surface area contributed by atoms with E-state index in [1.165, 1.54) is 6.07 Å². The first-order valence-corrected chi connectivity index (χ1v) is 10.4. The van der Waals surface area contributed by atoms with Crippen molar-refractivity contribution in [3.05, 3.63) is 52.3 Å². The summed E-state index contributed by atoms with van der Waals surface area (Å²) in [6.07, 6.45) is -1.34. The van der Waals surface area contributed by atoms with E-state index >= 15 is 0 Å². The van der Waals surface area contributed by atoms with Crippen molar-refractivity contribution in [2.75, 3.05) is 19.3 Å². The predicted molar refractivity (Wildman–Crippen MR) is 101 cm³/mol. The van der Waals surface area contributed by atoms with Crippen LogP contribution in [0.5, 0.6) is 0 Å². The summed E-state index contributed by atoms with van der Waals surface area (Å²) in [5.74, 6) is -0.332. The fraction of sp³-hybridized carbons (Fsp3) is 0.474. The van der Waals surface area contributed by atoms with E-state index in [4.69, 9.17) is 0 Å². The number of halogens is 3. The molecule has 1 aromatic carbocycles. The zero-order valence-corrected chi connectivity index (χ0v) is 16.2. The van der Waals surface area contributed by atoms with Crippen LogP contribution in [0.2, 0.25) is 0 Å². The van der Waals surface area contributed by atoms with E-state index in [9.17, 15) is 18.0 Å². The summed E-state index contributed by atoms with van der Waals surface area (Å²) in [6, 6.07) is 5.76. The fourth-order valence-electron chi connectivity index (χ4n) is 4.07. The molecule has 2 aromatic rings. The molecule has 1 aromatic heterocycles. The van der Waals surface area contributed by atoms with Gasteiger partial charge in [0.1, 0.15) is 0 Å². The van der Waals surface area contributed by atoms with Crippen molar-refractivity contribution < 1.29 is 18.0 Å². The molecule has 0 radical (unpaired) electrons. The van der Waals surface area contributed by atoms with Crippen LogP contribution >= 0.6 is 11.9 Å². The molecule has 9 heteroatoms. The molecule has 0 aliphatic carbocycles. The van der Waals surface area contributed by atoms with Gasteiger partial charge in [0.25, 0.3) is 5.91 Å². The lowest BCUT2D eigenvalue weighted by atomic mass is 9.86. The third-order valence-electron chi connectivity index (χ3n) is 5.57. The van der Waals surface area contributed by atoms with Gasteiger partial charge in [-0.15, -0.1) is 0 Å². The van der Waals surface area contributed by atoms with Crippen molar-refractivity contribution >= 4 is 17.9 Å². The molecular formula is C19H21F3N4OS. The SMILES string of the molecule is CSN1Cc2[nH]nc(C(=O)N3CCC(c4ccccc4C(F)(F)F)CC3)c2C1. The second-order valence-electron chi connectivity index (χ2n) is 7.16. The third kappa shape index (κ3) is 3.53. The lowest BCUT2D eigenvalue weighted by Gasteiger charge is -2.33. The molecule has 0 saturated carbocycles. The molecule has 1 N–H and O–H groups in total. The lowest BCUT2D eigenvalue weighted by Crippen LogP contribution is -2.38. The maximum absolute atomic E-state index is 13.3. The Morgan fingerprint density at radius 1 is 1.21 bits per heavy atom. The molecule has 0 bridgehead atoms. The van der Waals surface area contributed by atoms with Gasteiger partial charge in [-0.05, 0) is 36.6 Å². The molecule has 2 aliphatic rings. The van der Waals surface area contributed by atoms with Gasteiger partial charge in [-0.25, -0.2) is 4.31 Å². The summed E-state index contributed by atoms with van der Waals surface area (Å²) in [4.78, 5) is 14.6. The number of H-pyrrole nitrogens is 1. The Hall–Kier alpha value is -2.00. The number of benzene rings is 1. The Morgan fingerprint density at radius 3 is 2.61 bits per heavy atom. The maximum atomic E-state index is 13.3. The van der Waals surface area contributed by atoms with Crippen molar-refractivity contribution in [1.29, 1.82) is 0 Å². The molecule has 1 saturated heterocycles. The fourth-order valence-corrected chi connectivity index (χ4v) is 4.59. The second-order valence-corrected chi connectivity index (χ2v) is 8.04. The number of carbonyl (C=O) groups is 1. The van der Waals surface area contributed by atoms with Crippen LogP contribution in [0, 0.1) is 0 Å². The molecule has 2 aliphatic heterocycles. The smallest absolute Gasteiger partial charge is 0.337 e. The minimum atomic E-state index is -4.36. The van der Waals surface area contributed by atoms with Crippen LogP contribution < -0.4 is 0 Å². The molecule has 0 atom stereocenters. The van der Waals surface area contributed by atoms with Crippen LogP contribution in [0.3, 0.4) is 0 Å². The second kappa shape index (κ2) is 7.44. The van der Waals surface area contributed by atoms with Crippen molar-refractivity contribution in [3.63, 3.8) is 0 Å². The van der Waals surface area contributed by atoms with Crippen molar-refractivity contribution in [3.8, 4) is 0 Å². The third-order valence-corrected chi connectivity index (χ3v) is 6.35. The maximum Gasteiger partial charge on any atom is 0.416 e. The Kier molecular flexibility index (Phi) is 5.13. The van der Waals surface area contributed by atoms with Gasteiger partial charge in [-0.1, -0.05) is 30.1 Å². The van der Waals surface area contributed by atoms with Gasteiger partial charge in [-0.2, -0.15) is 18.3 Å². The number of hydrogen-bond donors (Lipinski definition) is 1. The van der Waals surface area contributed by atoms with Gasteiger partial charge < -0.3 is 4.90 Å². The van der Waals surface area contributed by atoms with Crippen LogP contribution in [0.1, 0.15) is 51.6 Å². The topological polar surface area (TPSA) is 52.2 Å². The Labute approximate surface area is 165 Å². The van der Waals surface area contributed by atoms with Crippen LogP contribution in [-0.2, 0) is 19.3 Å². The monoisotopic (exact) mass is 410 g/mol. The number of aromatic amines is 1. The van der Waals surface area contributed by atoms with Crippen molar-refractivity contribution in [2.45, 2.75) is 38.0 Å². The van der Waals surface area contributed by atoms with E-state index in [1.807, 2.05) is 6.26 Å². The van der Waals surface area contributed by atoms with Gasteiger partial charge >= 0.3 is 6.18 Å². The van der Waals surface area contributed by atoms with Gasteiger partial charge in [0, 0.05) is 25.2 Å². The number of amides is 1. The number of aromatic nitrogens is 2. The minimum absolute atomic E-state index is 0.136. The number of alkyl halides is 3. The highest BCUT2D eigenvalue weighted by molar-refractivity contribution is 7.96. The highest BCUT2D eigenvalue weighted by Crippen LogP contribution is 2.39. The summed E-state index contributed by atoms with van der Waals surface area (Å²) in [7, 11) is 0. The number of nitrogens with zero attached hydrogens (tertiary/aromatic N) is 3. The summed E-state index contributed by atoms with van der Waals surface area (Å²) in [6.45, 7) is 2.27. The van der Waals surface area contributed by atoms with E-state index in [-0.39, 0.29) is 11.8 Å². The zero-order chi connectivity index (χ0) is 19.9. The molecular weight excluding hydrogens is 389 g/mol. The number of carbonyl (C=O) groups excluding carboxylic acids is 1. The minimum Gasteiger partial charge on any atom is -0.337 e. The number of hydrogen-bond acceptors (Lipinski definition) is 4. The highest BCUT2D eigenvalue weighted by atomic mass is 32.2. The average Bonchev–Trinajstić information content (AvgIpc) is 3.27. The number of nitrogens with one attached hydrogen (secondary N) is 1. The van der Waals surface area contributed by atoms with Gasteiger partial charge in [0.05, 0.1) is 17.8 Å². The Bertz CT molecular complexity index is 874. The summed E-state index contributed by atoms with van der Waals surface area (Å²) >= 11 is 1.62. The van der Waals surface area contributed by atoms with Gasteiger partial charge in [0.2, 0.25) is 0 Å². The zero-order valence-electron chi connectivity index (χ0n) is 15.4. The molecule has 0 spiro atoms. The molecule has 150 valence electrons. The number of piperidine rings is 1. The van der Waals surface area contributed by atoms with Gasteiger partial charge in [-0.3, -0.25) is 9.89 Å². The standard InChI is InChI=1S/C19H21F3N4OS/c1-28-26-10-14-16(11-26)23-24-17(14)18(27)25-8-6-12(7-9-25)13-4-2-3-5-15(13)19(20,21)22/h2-5,12H,6-11H2,1H3,(H,23,24). The van der Waals surface area contributed by atoms with Crippen LogP contribution in [0.4, 0.5) is 13.2 Å². The summed E-state index contributed by atoms with van der Waals surface area (Å²) in [5, 5.41) is 7.16. The summed E-state index contributed by atoms with van der Waals surface area (Å²) in [5.41, 5.74) is 2.11. The van der Waals surface area contributed by atoms with Crippen LogP contribution in [0.25, 0.3) is 0 Å². The quantitative estimate of drug-likeness (QED) is 0.776. The molecule has 28 heavy (non-hydrogen) atoms. The first kappa shape index (κ1) is 19.3. The lowest BCUT2D eigenvalue weighted by molar-refractivity contribution is -0.138. The van der Waals surface area contributed by atoms with E-state index in [0.29, 0.717) is 43.7 Å². The van der Waals surface area contributed by atoms with Gasteiger partial charge in [0.15, 0.2) is 5.69 Å². The van der Waals surface area contributed by atoms with Crippen molar-refractivity contribution in [2.24, 2.45) is 0 Å². The molecule has 4 rings (SSSR count). The Balaban J connectivity index is 1.45. The predicted octanol–water partition coefficient (Wildman–Crippen LogP) is 4.04. The van der Waals surface area contributed by atoms with E-state index < -0.39 is 11.7 Å². The van der Waals surface area contributed by atoms with Crippen LogP contribution in [-0.4, -0.2) is 44.7 Å². The Morgan fingerprint density at radius 2 is 1.93 bits per heavy atom. The summed E-state index contributed by atoms with van der Waals surface area (Å²) < 4.78 is 42.0. The number of rotatable bonds is 3. The number of likely N-dealkylation sites (tertiary alicyclic amines) is 1. The number of fused-ring (bicyclic) bond motifs is 1. The first-order chi connectivity index (χ1) is 13.4. The van der Waals surface area contributed by atoms with Crippen LogP contribution in [0.15, 0.2) is 24.3 Å². The molecule has 5 nitrogen and oxygen atoms in total. The normalized spacial score (nSPS) is 18.5. The first-order valence-electron chi connectivity index (χ1n) is 9.19. The van der Waals surface area contributed by atoms with E-state index in [1.54, 1.807) is 29.0 Å². The van der Waals surface area contributed by atoms with Crippen molar-refractivity contribution in [1.82, 2.24) is 19.4 Å².